The van der Waals surface area contributed by atoms with Gasteiger partial charge in [-0.3, -0.25) is 0 Å². The van der Waals surface area contributed by atoms with Crippen LogP contribution in [0.1, 0.15) is 143 Å². The summed E-state index contributed by atoms with van der Waals surface area (Å²) >= 11 is 1.77. The van der Waals surface area contributed by atoms with Crippen LogP contribution in [-0.4, -0.2) is 39.4 Å². The van der Waals surface area contributed by atoms with Crippen LogP contribution in [0.15, 0.2) is 28.6 Å². The predicted molar refractivity (Wildman–Crippen MR) is 229 cm³/mol. The minimum absolute atomic E-state index is 0.266. The summed E-state index contributed by atoms with van der Waals surface area (Å²) in [5, 5.41) is 0. The van der Waals surface area contributed by atoms with Crippen molar-refractivity contribution in [2.45, 2.75) is 153 Å². The average Bonchev–Trinajstić information content (AvgIpc) is 3.50. The molecule has 0 amide bonds. The van der Waals surface area contributed by atoms with Crippen molar-refractivity contribution < 1.29 is 13.3 Å². The molecule has 1 aromatic heterocycles. The zero-order chi connectivity index (χ0) is 33.7. The van der Waals surface area contributed by atoms with Gasteiger partial charge in [-0.1, -0.05) is 147 Å². The summed E-state index contributed by atoms with van der Waals surface area (Å²) in [5.74, 6) is 0.978. The topological polar surface area (TPSA) is 40.6 Å². The average molecular weight is 816 g/mol. The van der Waals surface area contributed by atoms with E-state index in [0.29, 0.717) is 0 Å². The van der Waals surface area contributed by atoms with Crippen molar-refractivity contribution in [1.82, 2.24) is 4.98 Å². The molecule has 0 spiro atoms. The summed E-state index contributed by atoms with van der Waals surface area (Å²) in [6.07, 6.45) is 22.8. The Hall–Kier alpha value is 1.66. The van der Waals surface area contributed by atoms with Gasteiger partial charge in [-0.25, -0.2) is 4.98 Å². The maximum atomic E-state index is 6.81. The van der Waals surface area contributed by atoms with Crippen molar-refractivity contribution in [3.05, 3.63) is 24.3 Å². The van der Waals surface area contributed by atoms with E-state index in [0.717, 1.165) is 54.7 Å². The van der Waals surface area contributed by atoms with Gasteiger partial charge >= 0.3 is 8.80 Å². The van der Waals surface area contributed by atoms with Crippen molar-refractivity contribution in [3.8, 4) is 0 Å². The molecular formula is C34H61NO3S8Si. The number of hydrogen-bond acceptors (Lipinski definition) is 12. The first kappa shape index (κ1) is 44.8. The Kier molecular flexibility index (Phi) is 29.8. The van der Waals surface area contributed by atoms with Crippen LogP contribution in [0.3, 0.4) is 0 Å². The molecule has 0 saturated carbocycles. The third-order valence-corrected chi connectivity index (χ3v) is 25.8. The Balaban J connectivity index is 1.83. The SMILES string of the molecule is CCCCCCCCO[Si](OCCCCCCCC)(OCCCCCCCC)C(C)CSSSSSSSc1nc2ccccc2s1. The van der Waals surface area contributed by atoms with Gasteiger partial charge in [0.1, 0.15) is 0 Å². The fourth-order valence-corrected chi connectivity index (χ4v) is 24.5. The molecule has 272 valence electrons. The number of aromatic nitrogens is 1. The Morgan fingerprint density at radius 2 is 1.09 bits per heavy atom. The molecule has 0 saturated heterocycles. The Morgan fingerprint density at radius 3 is 1.62 bits per heavy atom. The molecule has 0 aliphatic heterocycles. The lowest BCUT2D eigenvalue weighted by atomic mass is 10.1. The molecule has 0 aliphatic carbocycles. The molecule has 1 atom stereocenters. The number of para-hydroxylation sites is 1. The minimum Gasteiger partial charge on any atom is -0.373 e. The number of nitrogens with zero attached hydrogens (tertiary/aromatic N) is 1. The zero-order valence-electron chi connectivity index (χ0n) is 29.4. The molecule has 0 aliphatic rings. The van der Waals surface area contributed by atoms with Gasteiger partial charge in [-0.05, 0) is 91.3 Å². The largest absolute Gasteiger partial charge is 0.504 e. The van der Waals surface area contributed by atoms with Gasteiger partial charge in [0.25, 0.3) is 0 Å². The van der Waals surface area contributed by atoms with E-state index < -0.39 is 8.80 Å². The zero-order valence-corrected chi connectivity index (χ0v) is 36.9. The predicted octanol–water partition coefficient (Wildman–Crippen LogP) is 15.7. The lowest BCUT2D eigenvalue weighted by molar-refractivity contribution is 0.0490. The Labute approximate surface area is 319 Å². The van der Waals surface area contributed by atoms with Crippen LogP contribution in [0, 0.1) is 0 Å². The second-order valence-electron chi connectivity index (χ2n) is 12.0. The van der Waals surface area contributed by atoms with Gasteiger partial charge in [-0.15, -0.1) is 11.3 Å². The first-order valence-corrected chi connectivity index (χ1v) is 29.7. The highest BCUT2D eigenvalue weighted by molar-refractivity contribution is 9.46. The maximum Gasteiger partial charge on any atom is 0.504 e. The number of unbranched alkanes of at least 4 members (excludes halogenated alkanes) is 15. The van der Waals surface area contributed by atoms with Crippen molar-refractivity contribution in [3.63, 3.8) is 0 Å². The summed E-state index contributed by atoms with van der Waals surface area (Å²) in [7, 11) is 9.97. The first-order chi connectivity index (χ1) is 23.1. The van der Waals surface area contributed by atoms with Crippen LogP contribution in [0.5, 0.6) is 0 Å². The van der Waals surface area contributed by atoms with Crippen LogP contribution in [-0.2, 0) is 13.3 Å². The number of hydrogen-bond donors (Lipinski definition) is 0. The lowest BCUT2D eigenvalue weighted by Gasteiger charge is -2.34. The number of fused-ring (bicyclic) bond motifs is 1. The molecule has 47 heavy (non-hydrogen) atoms. The van der Waals surface area contributed by atoms with Crippen molar-refractivity contribution in [2.24, 2.45) is 0 Å². The number of thiazole rings is 1. The van der Waals surface area contributed by atoms with E-state index in [2.05, 4.69) is 52.0 Å². The molecule has 0 radical (unpaired) electrons. The highest BCUT2D eigenvalue weighted by Gasteiger charge is 2.47. The van der Waals surface area contributed by atoms with Gasteiger partial charge in [0.2, 0.25) is 0 Å². The van der Waals surface area contributed by atoms with E-state index in [-0.39, 0.29) is 5.54 Å². The smallest absolute Gasteiger partial charge is 0.373 e. The van der Waals surface area contributed by atoms with Gasteiger partial charge in [-0.2, -0.15) is 0 Å². The standard InChI is InChI=1S/C34H61NO3S8Si/c1-5-8-11-14-17-22-27-36-47(37-28-23-18-15-12-9-6-2,38-29-24-19-16-13-10-7-3)31(4)30-39-42-44-46-45-43-41-34-35-32-25-20-21-26-33(32)40-34/h20-21,25-26,31H,5-19,22-24,27-30H2,1-4H3. The molecule has 1 unspecified atom stereocenters. The van der Waals surface area contributed by atoms with Crippen LogP contribution in [0.25, 0.3) is 10.2 Å². The van der Waals surface area contributed by atoms with Crippen LogP contribution < -0.4 is 0 Å². The van der Waals surface area contributed by atoms with E-state index in [4.69, 9.17) is 18.3 Å². The molecule has 1 aromatic carbocycles. The molecule has 13 heteroatoms. The number of rotatable bonds is 34. The van der Waals surface area contributed by atoms with Gasteiger partial charge in [0.15, 0.2) is 4.34 Å². The van der Waals surface area contributed by atoms with Crippen molar-refractivity contribution >= 4 is 101 Å². The summed E-state index contributed by atoms with van der Waals surface area (Å²) in [5.41, 5.74) is 1.36. The minimum atomic E-state index is -2.83. The van der Waals surface area contributed by atoms with E-state index in [1.807, 2.05) is 50.1 Å². The van der Waals surface area contributed by atoms with E-state index in [1.54, 1.807) is 32.0 Å². The van der Waals surface area contributed by atoms with Gasteiger partial charge < -0.3 is 13.3 Å². The molecule has 4 nitrogen and oxygen atoms in total. The molecule has 0 N–H and O–H groups in total. The summed E-state index contributed by atoms with van der Waals surface area (Å²) < 4.78 is 22.8. The lowest BCUT2D eigenvalue weighted by Crippen LogP contribution is -2.51. The van der Waals surface area contributed by atoms with Crippen LogP contribution >= 0.6 is 82.1 Å². The molecular weight excluding hydrogens is 755 g/mol. The van der Waals surface area contributed by atoms with E-state index in [1.165, 1.54) is 101 Å². The molecule has 0 bridgehead atoms. The molecule has 2 aromatic rings. The van der Waals surface area contributed by atoms with E-state index >= 15 is 0 Å². The van der Waals surface area contributed by atoms with Gasteiger partial charge in [0, 0.05) is 31.1 Å². The second kappa shape index (κ2) is 31.2. The fourth-order valence-electron chi connectivity index (χ4n) is 5.06. The third-order valence-electron chi connectivity index (χ3n) is 7.86. The summed E-state index contributed by atoms with van der Waals surface area (Å²) in [6, 6.07) is 8.36. The molecule has 0 fully saturated rings. The quantitative estimate of drug-likeness (QED) is 0.0385. The Bertz CT molecular complexity index is 913. The highest BCUT2D eigenvalue weighted by Crippen LogP contribution is 2.57. The van der Waals surface area contributed by atoms with Crippen molar-refractivity contribution in [2.75, 3.05) is 25.6 Å². The number of benzene rings is 1. The van der Waals surface area contributed by atoms with Gasteiger partial charge in [0.05, 0.1) is 10.2 Å². The second-order valence-corrected chi connectivity index (χ2v) is 27.5. The third kappa shape index (κ3) is 21.7. The molecule has 1 heterocycles. The Morgan fingerprint density at radius 1 is 0.617 bits per heavy atom. The van der Waals surface area contributed by atoms with E-state index in [9.17, 15) is 0 Å². The van der Waals surface area contributed by atoms with Crippen LogP contribution in [0.2, 0.25) is 5.54 Å². The summed E-state index contributed by atoms with van der Waals surface area (Å²) in [4.78, 5) is 4.72. The monoisotopic (exact) mass is 815 g/mol. The van der Waals surface area contributed by atoms with Crippen LogP contribution in [0.4, 0.5) is 0 Å². The fraction of sp³-hybridized carbons (Fsp3) is 0.794. The summed E-state index contributed by atoms with van der Waals surface area (Å²) in [6.45, 7) is 11.4. The highest BCUT2D eigenvalue weighted by atomic mass is 33.9. The normalized spacial score (nSPS) is 12.8. The van der Waals surface area contributed by atoms with Crippen molar-refractivity contribution in [1.29, 1.82) is 0 Å². The first-order valence-electron chi connectivity index (χ1n) is 18.0. The molecule has 2 rings (SSSR count). The maximum absolute atomic E-state index is 6.81.